The first-order chi connectivity index (χ1) is 10.8. The topological polar surface area (TPSA) is 29.5 Å². The van der Waals surface area contributed by atoms with E-state index in [4.69, 9.17) is 4.74 Å². The number of likely N-dealkylation sites (tertiary alicyclic amines) is 1. The molecule has 3 nitrogen and oxygen atoms in total. The van der Waals surface area contributed by atoms with Gasteiger partial charge in [-0.3, -0.25) is 9.69 Å². The second kappa shape index (κ2) is 6.93. The Morgan fingerprint density at radius 2 is 2.05 bits per heavy atom. The summed E-state index contributed by atoms with van der Waals surface area (Å²) in [5.74, 6) is -0.00574. The molecule has 0 aliphatic carbocycles. The van der Waals surface area contributed by atoms with Crippen LogP contribution in [0.4, 0.5) is 0 Å². The number of esters is 1. The molecule has 0 bridgehead atoms. The Labute approximate surface area is 131 Å². The average Bonchev–Trinajstić information content (AvgIpc) is 2.56. The summed E-state index contributed by atoms with van der Waals surface area (Å²) in [7, 11) is 0. The number of hydrogen-bond donors (Lipinski definition) is 0. The highest BCUT2D eigenvalue weighted by atomic mass is 16.5. The van der Waals surface area contributed by atoms with Gasteiger partial charge in [-0.1, -0.05) is 42.5 Å². The lowest BCUT2D eigenvalue weighted by Crippen LogP contribution is -2.38. The number of ether oxygens (including phenoxy) is 1. The van der Waals surface area contributed by atoms with E-state index in [0.29, 0.717) is 6.61 Å². The zero-order chi connectivity index (χ0) is 15.4. The smallest absolute Gasteiger partial charge is 0.310 e. The number of hydrogen-bond acceptors (Lipinski definition) is 3. The van der Waals surface area contributed by atoms with Crippen LogP contribution in [0.5, 0.6) is 0 Å². The molecule has 0 aromatic heterocycles. The monoisotopic (exact) mass is 297 g/mol. The maximum atomic E-state index is 12.0. The third-order valence-electron chi connectivity index (χ3n) is 4.40. The number of rotatable bonds is 4. The van der Waals surface area contributed by atoms with Crippen LogP contribution in [0.25, 0.3) is 10.8 Å². The highest BCUT2D eigenvalue weighted by molar-refractivity contribution is 5.85. The molecule has 0 N–H and O–H groups in total. The summed E-state index contributed by atoms with van der Waals surface area (Å²) in [6.45, 7) is 5.10. The summed E-state index contributed by atoms with van der Waals surface area (Å²) in [6.07, 6.45) is 2.01. The van der Waals surface area contributed by atoms with Crippen LogP contribution in [-0.2, 0) is 16.1 Å². The predicted molar refractivity (Wildman–Crippen MR) is 88.6 cm³/mol. The van der Waals surface area contributed by atoms with Crippen molar-refractivity contribution in [1.29, 1.82) is 0 Å². The predicted octanol–water partition coefficient (Wildman–Crippen LogP) is 3.61. The third-order valence-corrected chi connectivity index (χ3v) is 4.40. The van der Waals surface area contributed by atoms with Crippen molar-refractivity contribution in [3.8, 4) is 0 Å². The summed E-state index contributed by atoms with van der Waals surface area (Å²) < 4.78 is 5.18. The fourth-order valence-corrected chi connectivity index (χ4v) is 3.32. The van der Waals surface area contributed by atoms with Gasteiger partial charge in [0.2, 0.25) is 0 Å². The first-order valence-corrected chi connectivity index (χ1v) is 8.13. The minimum atomic E-state index is -0.0369. The zero-order valence-electron chi connectivity index (χ0n) is 13.1. The van der Waals surface area contributed by atoms with Crippen LogP contribution in [0.1, 0.15) is 25.3 Å². The van der Waals surface area contributed by atoms with Gasteiger partial charge in [0.05, 0.1) is 12.5 Å². The maximum absolute atomic E-state index is 12.0. The van der Waals surface area contributed by atoms with Gasteiger partial charge in [0.25, 0.3) is 0 Å². The molecule has 1 unspecified atom stereocenters. The maximum Gasteiger partial charge on any atom is 0.310 e. The molecule has 22 heavy (non-hydrogen) atoms. The van der Waals surface area contributed by atoms with Gasteiger partial charge in [0.1, 0.15) is 0 Å². The minimum Gasteiger partial charge on any atom is -0.466 e. The van der Waals surface area contributed by atoms with E-state index in [-0.39, 0.29) is 11.9 Å². The standard InChI is InChI=1S/C19H23NO2/c1-2-22-19(21)17-10-6-12-20(14-17)13-16-9-5-8-15-7-3-4-11-18(15)16/h3-5,7-9,11,17H,2,6,10,12-14H2,1H3. The molecule has 3 heteroatoms. The molecule has 0 spiro atoms. The number of fused-ring (bicyclic) bond motifs is 1. The minimum absolute atomic E-state index is 0.0312. The SMILES string of the molecule is CCOC(=O)C1CCCN(Cc2cccc3ccccc23)C1. The van der Waals surface area contributed by atoms with Gasteiger partial charge in [-0.25, -0.2) is 0 Å². The molecule has 1 saturated heterocycles. The van der Waals surface area contributed by atoms with Crippen LogP contribution < -0.4 is 0 Å². The molecule has 2 aromatic rings. The van der Waals surface area contributed by atoms with Crippen LogP contribution in [0.2, 0.25) is 0 Å². The lowest BCUT2D eigenvalue weighted by molar-refractivity contribution is -0.150. The number of nitrogens with zero attached hydrogens (tertiary/aromatic N) is 1. The molecule has 1 fully saturated rings. The van der Waals surface area contributed by atoms with Crippen molar-refractivity contribution in [3.05, 3.63) is 48.0 Å². The first kappa shape index (κ1) is 15.0. The van der Waals surface area contributed by atoms with Gasteiger partial charge in [0.15, 0.2) is 0 Å². The largest absolute Gasteiger partial charge is 0.466 e. The number of benzene rings is 2. The molecule has 2 aromatic carbocycles. The normalized spacial score (nSPS) is 19.2. The molecule has 1 aliphatic rings. The van der Waals surface area contributed by atoms with Crippen molar-refractivity contribution < 1.29 is 9.53 Å². The molecule has 1 atom stereocenters. The van der Waals surface area contributed by atoms with Gasteiger partial charge in [0, 0.05) is 13.1 Å². The van der Waals surface area contributed by atoms with E-state index in [1.807, 2.05) is 6.92 Å². The molecular weight excluding hydrogens is 274 g/mol. The Morgan fingerprint density at radius 1 is 1.23 bits per heavy atom. The number of carbonyl (C=O) groups excluding carboxylic acids is 1. The molecule has 1 aliphatic heterocycles. The summed E-state index contributed by atoms with van der Waals surface area (Å²) in [5, 5.41) is 2.59. The summed E-state index contributed by atoms with van der Waals surface area (Å²) in [4.78, 5) is 14.3. The van der Waals surface area contributed by atoms with Gasteiger partial charge < -0.3 is 4.74 Å². The summed E-state index contributed by atoms with van der Waals surface area (Å²) in [6, 6.07) is 14.9. The summed E-state index contributed by atoms with van der Waals surface area (Å²) >= 11 is 0. The lowest BCUT2D eigenvalue weighted by atomic mass is 9.97. The van der Waals surface area contributed by atoms with Crippen molar-refractivity contribution in [2.24, 2.45) is 5.92 Å². The second-order valence-electron chi connectivity index (χ2n) is 5.96. The van der Waals surface area contributed by atoms with Crippen LogP contribution >= 0.6 is 0 Å². The molecule has 0 radical (unpaired) electrons. The van der Waals surface area contributed by atoms with E-state index in [9.17, 15) is 4.79 Å². The van der Waals surface area contributed by atoms with E-state index >= 15 is 0 Å². The lowest BCUT2D eigenvalue weighted by Gasteiger charge is -2.31. The quantitative estimate of drug-likeness (QED) is 0.807. The van der Waals surface area contributed by atoms with Crippen molar-refractivity contribution in [1.82, 2.24) is 4.90 Å². The Bertz CT molecular complexity index is 647. The Balaban J connectivity index is 1.73. The third kappa shape index (κ3) is 3.30. The fraction of sp³-hybridized carbons (Fsp3) is 0.421. The molecule has 0 amide bonds. The van der Waals surface area contributed by atoms with Crippen LogP contribution in [-0.4, -0.2) is 30.6 Å². The van der Waals surface area contributed by atoms with Gasteiger partial charge in [-0.15, -0.1) is 0 Å². The Kier molecular flexibility index (Phi) is 4.74. The molecule has 116 valence electrons. The van der Waals surface area contributed by atoms with Crippen molar-refractivity contribution >= 4 is 16.7 Å². The van der Waals surface area contributed by atoms with Gasteiger partial charge in [-0.2, -0.15) is 0 Å². The highest BCUT2D eigenvalue weighted by Gasteiger charge is 2.26. The molecular formula is C19H23NO2. The Hall–Kier alpha value is -1.87. The van der Waals surface area contributed by atoms with E-state index in [0.717, 1.165) is 32.5 Å². The van der Waals surface area contributed by atoms with E-state index < -0.39 is 0 Å². The van der Waals surface area contributed by atoms with Crippen LogP contribution in [0.3, 0.4) is 0 Å². The van der Waals surface area contributed by atoms with E-state index in [1.54, 1.807) is 0 Å². The molecule has 3 rings (SSSR count). The molecule has 0 saturated carbocycles. The molecule has 1 heterocycles. The highest BCUT2D eigenvalue weighted by Crippen LogP contribution is 2.23. The summed E-state index contributed by atoms with van der Waals surface area (Å²) in [5.41, 5.74) is 1.34. The van der Waals surface area contributed by atoms with Gasteiger partial charge in [-0.05, 0) is 42.6 Å². The van der Waals surface area contributed by atoms with Crippen molar-refractivity contribution in [2.45, 2.75) is 26.3 Å². The second-order valence-corrected chi connectivity index (χ2v) is 5.96. The van der Waals surface area contributed by atoms with Gasteiger partial charge >= 0.3 is 5.97 Å². The average molecular weight is 297 g/mol. The van der Waals surface area contributed by atoms with Crippen LogP contribution in [0.15, 0.2) is 42.5 Å². The number of piperidine rings is 1. The van der Waals surface area contributed by atoms with Crippen molar-refractivity contribution in [3.63, 3.8) is 0 Å². The van der Waals surface area contributed by atoms with E-state index in [1.165, 1.54) is 16.3 Å². The van der Waals surface area contributed by atoms with Crippen molar-refractivity contribution in [2.75, 3.05) is 19.7 Å². The van der Waals surface area contributed by atoms with Crippen LogP contribution in [0, 0.1) is 5.92 Å². The zero-order valence-corrected chi connectivity index (χ0v) is 13.1. The van der Waals surface area contributed by atoms with E-state index in [2.05, 4.69) is 47.4 Å². The first-order valence-electron chi connectivity index (χ1n) is 8.13. The number of carbonyl (C=O) groups is 1. The fourth-order valence-electron chi connectivity index (χ4n) is 3.32. The Morgan fingerprint density at radius 3 is 2.91 bits per heavy atom.